The Bertz CT molecular complexity index is 835. The number of anilines is 3. The summed E-state index contributed by atoms with van der Waals surface area (Å²) in [6.45, 7) is 2.86. The maximum atomic E-state index is 10.4. The Morgan fingerprint density at radius 1 is 1.00 bits per heavy atom. The first-order valence-electron chi connectivity index (χ1n) is 7.88. The van der Waals surface area contributed by atoms with Crippen LogP contribution >= 0.6 is 0 Å². The van der Waals surface area contributed by atoms with Crippen LogP contribution in [-0.2, 0) is 0 Å². The Morgan fingerprint density at radius 3 is 2.30 bits per heavy atom. The summed E-state index contributed by atoms with van der Waals surface area (Å²) < 4.78 is 0. The fourth-order valence-corrected chi connectivity index (χ4v) is 3.19. The van der Waals surface area contributed by atoms with Gasteiger partial charge in [0, 0.05) is 40.6 Å². The smallest absolute Gasteiger partial charge is 0.127 e. The Kier molecular flexibility index (Phi) is 3.23. The second kappa shape index (κ2) is 5.39. The highest BCUT2D eigenvalue weighted by molar-refractivity contribution is 6.04. The van der Waals surface area contributed by atoms with E-state index in [1.54, 1.807) is 6.07 Å². The summed E-state index contributed by atoms with van der Waals surface area (Å²) in [4.78, 5) is 0. The third-order valence-electron chi connectivity index (χ3n) is 4.23. The van der Waals surface area contributed by atoms with Gasteiger partial charge in [-0.1, -0.05) is 24.3 Å². The molecule has 0 radical (unpaired) electrons. The van der Waals surface area contributed by atoms with Crippen molar-refractivity contribution in [1.82, 2.24) is 0 Å². The van der Waals surface area contributed by atoms with Crippen molar-refractivity contribution in [1.29, 1.82) is 0 Å². The Morgan fingerprint density at radius 2 is 1.70 bits per heavy atom. The van der Waals surface area contributed by atoms with Crippen LogP contribution in [0.15, 0.2) is 54.6 Å². The molecule has 0 unspecified atom stereocenters. The van der Waals surface area contributed by atoms with Gasteiger partial charge in [-0.05, 0) is 36.6 Å². The molecule has 0 amide bonds. The van der Waals surface area contributed by atoms with Crippen LogP contribution in [-0.4, -0.2) is 11.7 Å². The van der Waals surface area contributed by atoms with Crippen molar-refractivity contribution >= 4 is 27.8 Å². The molecule has 23 heavy (non-hydrogen) atoms. The number of nitrogens with one attached hydrogen (secondary N) is 3. The van der Waals surface area contributed by atoms with Gasteiger partial charge in [0.2, 0.25) is 0 Å². The van der Waals surface area contributed by atoms with Gasteiger partial charge in [0.1, 0.15) is 11.9 Å². The van der Waals surface area contributed by atoms with Gasteiger partial charge in [-0.2, -0.15) is 0 Å². The Labute approximate surface area is 135 Å². The number of benzene rings is 3. The van der Waals surface area contributed by atoms with Crippen molar-refractivity contribution in [3.63, 3.8) is 0 Å². The lowest BCUT2D eigenvalue weighted by molar-refractivity contribution is 0.466. The van der Waals surface area contributed by atoms with E-state index in [1.807, 2.05) is 31.2 Å². The molecule has 4 N–H and O–H groups in total. The highest BCUT2D eigenvalue weighted by Crippen LogP contribution is 2.40. The van der Waals surface area contributed by atoms with Gasteiger partial charge in [0.25, 0.3) is 0 Å². The SMILES string of the molecule is CCNc1ccc(C2Nc3cccc4cccc(c34)N2)c(O)c1. The summed E-state index contributed by atoms with van der Waals surface area (Å²) in [5.74, 6) is 0.278. The molecule has 0 aliphatic carbocycles. The van der Waals surface area contributed by atoms with E-state index in [0.29, 0.717) is 0 Å². The van der Waals surface area contributed by atoms with Gasteiger partial charge in [-0.15, -0.1) is 0 Å². The predicted octanol–water partition coefficient (Wildman–Crippen LogP) is 4.51. The third-order valence-corrected chi connectivity index (χ3v) is 4.23. The van der Waals surface area contributed by atoms with Gasteiger partial charge in [0.15, 0.2) is 0 Å². The van der Waals surface area contributed by atoms with E-state index in [4.69, 9.17) is 0 Å². The van der Waals surface area contributed by atoms with Crippen LogP contribution in [0.4, 0.5) is 17.1 Å². The van der Waals surface area contributed by atoms with Gasteiger partial charge in [0.05, 0.1) is 0 Å². The average molecular weight is 305 g/mol. The largest absolute Gasteiger partial charge is 0.507 e. The molecular weight excluding hydrogens is 286 g/mol. The molecule has 0 fully saturated rings. The number of hydrogen-bond donors (Lipinski definition) is 4. The molecule has 0 saturated heterocycles. The van der Waals surface area contributed by atoms with Crippen molar-refractivity contribution in [2.75, 3.05) is 22.5 Å². The van der Waals surface area contributed by atoms with Crippen LogP contribution < -0.4 is 16.0 Å². The normalized spacial score (nSPS) is 13.4. The number of phenolic OH excluding ortho intramolecular Hbond substituents is 1. The number of rotatable bonds is 3. The lowest BCUT2D eigenvalue weighted by Crippen LogP contribution is -2.23. The van der Waals surface area contributed by atoms with Crippen LogP contribution in [0.25, 0.3) is 10.8 Å². The van der Waals surface area contributed by atoms with Gasteiger partial charge in [-0.3, -0.25) is 0 Å². The van der Waals surface area contributed by atoms with E-state index in [9.17, 15) is 5.11 Å². The zero-order valence-electron chi connectivity index (χ0n) is 12.9. The lowest BCUT2D eigenvalue weighted by Gasteiger charge is -2.30. The zero-order valence-corrected chi connectivity index (χ0v) is 12.9. The van der Waals surface area contributed by atoms with Crippen molar-refractivity contribution in [3.05, 3.63) is 60.2 Å². The summed E-state index contributed by atoms with van der Waals surface area (Å²) in [6.07, 6.45) is -0.161. The molecule has 0 bridgehead atoms. The van der Waals surface area contributed by atoms with E-state index in [0.717, 1.165) is 29.2 Å². The highest BCUT2D eigenvalue weighted by Gasteiger charge is 2.22. The van der Waals surface area contributed by atoms with Crippen LogP contribution in [0.3, 0.4) is 0 Å². The third kappa shape index (κ3) is 2.32. The zero-order chi connectivity index (χ0) is 15.8. The molecule has 1 heterocycles. The van der Waals surface area contributed by atoms with Gasteiger partial charge in [-0.25, -0.2) is 0 Å². The lowest BCUT2D eigenvalue weighted by atomic mass is 10.0. The van der Waals surface area contributed by atoms with E-state index in [2.05, 4.69) is 40.2 Å². The summed E-state index contributed by atoms with van der Waals surface area (Å²) in [7, 11) is 0. The summed E-state index contributed by atoms with van der Waals surface area (Å²) in [6, 6.07) is 18.2. The van der Waals surface area contributed by atoms with Gasteiger partial charge >= 0.3 is 0 Å². The van der Waals surface area contributed by atoms with Crippen molar-refractivity contribution < 1.29 is 5.11 Å². The predicted molar refractivity (Wildman–Crippen MR) is 96.2 cm³/mol. The quantitative estimate of drug-likeness (QED) is 0.575. The van der Waals surface area contributed by atoms with Crippen molar-refractivity contribution in [3.8, 4) is 5.75 Å². The van der Waals surface area contributed by atoms with Crippen LogP contribution in [0, 0.1) is 0 Å². The van der Waals surface area contributed by atoms with Crippen LogP contribution in [0.1, 0.15) is 18.7 Å². The minimum atomic E-state index is -0.161. The second-order valence-corrected chi connectivity index (χ2v) is 5.73. The fourth-order valence-electron chi connectivity index (χ4n) is 3.19. The molecule has 0 aromatic heterocycles. The van der Waals surface area contributed by atoms with E-state index in [-0.39, 0.29) is 11.9 Å². The first-order chi connectivity index (χ1) is 11.3. The summed E-state index contributed by atoms with van der Waals surface area (Å²) >= 11 is 0. The molecule has 1 aliphatic heterocycles. The van der Waals surface area contributed by atoms with Gasteiger partial charge < -0.3 is 21.1 Å². The van der Waals surface area contributed by atoms with Crippen molar-refractivity contribution in [2.45, 2.75) is 13.1 Å². The van der Waals surface area contributed by atoms with Crippen LogP contribution in [0.2, 0.25) is 0 Å². The molecule has 3 aromatic carbocycles. The maximum Gasteiger partial charge on any atom is 0.127 e. The first kappa shape index (κ1) is 13.8. The first-order valence-corrected chi connectivity index (χ1v) is 7.88. The van der Waals surface area contributed by atoms with E-state index in [1.165, 1.54) is 10.8 Å². The molecule has 4 rings (SSSR count). The minimum absolute atomic E-state index is 0.161. The average Bonchev–Trinajstić information content (AvgIpc) is 2.56. The molecule has 116 valence electrons. The summed E-state index contributed by atoms with van der Waals surface area (Å²) in [5, 5.41) is 22.9. The topological polar surface area (TPSA) is 56.3 Å². The molecule has 0 saturated carbocycles. The molecule has 1 aliphatic rings. The standard InChI is InChI=1S/C19H19N3O/c1-2-20-13-9-10-14(17(23)11-13)19-21-15-7-3-5-12-6-4-8-16(22-19)18(12)15/h3-11,19-23H,2H2,1H3. The molecule has 4 heteroatoms. The molecule has 0 spiro atoms. The van der Waals surface area contributed by atoms with E-state index >= 15 is 0 Å². The second-order valence-electron chi connectivity index (χ2n) is 5.73. The highest BCUT2D eigenvalue weighted by atomic mass is 16.3. The number of aromatic hydroxyl groups is 1. The monoisotopic (exact) mass is 305 g/mol. The van der Waals surface area contributed by atoms with Crippen LogP contribution in [0.5, 0.6) is 5.75 Å². The number of hydrogen-bond acceptors (Lipinski definition) is 4. The van der Waals surface area contributed by atoms with Crippen molar-refractivity contribution in [2.24, 2.45) is 0 Å². The van der Waals surface area contributed by atoms with E-state index < -0.39 is 0 Å². The molecule has 3 aromatic rings. The Hall–Kier alpha value is -2.88. The Balaban J connectivity index is 1.73. The number of phenols is 1. The molecular formula is C19H19N3O. The minimum Gasteiger partial charge on any atom is -0.507 e. The maximum absolute atomic E-state index is 10.4. The molecule has 4 nitrogen and oxygen atoms in total. The fraction of sp³-hybridized carbons (Fsp3) is 0.158. The summed E-state index contributed by atoms with van der Waals surface area (Å²) in [5.41, 5.74) is 3.92. The molecule has 0 atom stereocenters.